The average molecular weight is 314 g/mol. The summed E-state index contributed by atoms with van der Waals surface area (Å²) in [5, 5.41) is 9.59. The van der Waals surface area contributed by atoms with Gasteiger partial charge in [-0.25, -0.2) is 19.3 Å². The molecule has 2 aromatic rings. The fourth-order valence-electron chi connectivity index (χ4n) is 1.75. The van der Waals surface area contributed by atoms with Crippen molar-refractivity contribution < 1.29 is 0 Å². The Morgan fingerprint density at radius 2 is 2.39 bits per heavy atom. The second kappa shape index (κ2) is 5.51. The molecule has 1 unspecified atom stereocenters. The molecule has 6 nitrogen and oxygen atoms in total. The summed E-state index contributed by atoms with van der Waals surface area (Å²) < 4.78 is 1.45. The molecule has 0 fully saturated rings. The van der Waals surface area contributed by atoms with E-state index in [2.05, 4.69) is 43.4 Å². The average Bonchev–Trinajstić information content (AvgIpc) is 2.71. The van der Waals surface area contributed by atoms with Crippen LogP contribution < -0.4 is 11.0 Å². The Hall–Kier alpha value is -1.37. The monoisotopic (exact) mass is 313 g/mol. The van der Waals surface area contributed by atoms with Gasteiger partial charge in [-0.1, -0.05) is 22.9 Å². The van der Waals surface area contributed by atoms with Gasteiger partial charge in [-0.15, -0.1) is 0 Å². The number of halogens is 1. The molecule has 0 bridgehead atoms. The highest BCUT2D eigenvalue weighted by Crippen LogP contribution is 2.11. The Bertz CT molecular complexity index is 591. The van der Waals surface area contributed by atoms with Gasteiger partial charge in [-0.3, -0.25) is 0 Å². The third-order valence-electron chi connectivity index (χ3n) is 2.78. The van der Waals surface area contributed by atoms with E-state index in [4.69, 9.17) is 0 Å². The van der Waals surface area contributed by atoms with Crippen molar-refractivity contribution in [2.45, 2.75) is 31.5 Å². The summed E-state index contributed by atoms with van der Waals surface area (Å²) in [6.07, 6.45) is 2.12. The topological polar surface area (TPSA) is 75.1 Å². The lowest BCUT2D eigenvalue weighted by molar-refractivity contribution is 0.771. The number of H-pyrrole nitrogens is 1. The number of anilines is 1. The van der Waals surface area contributed by atoms with E-state index in [9.17, 15) is 4.79 Å². The molecule has 0 aromatic carbocycles. The van der Waals surface area contributed by atoms with Crippen molar-refractivity contribution in [2.24, 2.45) is 0 Å². The zero-order chi connectivity index (χ0) is 13.1. The van der Waals surface area contributed by atoms with Gasteiger partial charge in [-0.2, -0.15) is 5.10 Å². The number of aromatic amines is 1. The Kier molecular flexibility index (Phi) is 4.00. The first-order valence-electron chi connectivity index (χ1n) is 5.94. The SMILES string of the molecule is CCC(Br)CCNc1cc2n[nH]c(=O)n2c(C)n1. The molecular formula is C11H16BrN5O. The lowest BCUT2D eigenvalue weighted by atomic mass is 10.2. The number of fused-ring (bicyclic) bond motifs is 1. The largest absolute Gasteiger partial charge is 0.370 e. The molecule has 0 saturated carbocycles. The van der Waals surface area contributed by atoms with Crippen molar-refractivity contribution in [1.29, 1.82) is 0 Å². The summed E-state index contributed by atoms with van der Waals surface area (Å²) in [4.78, 5) is 16.3. The molecular weight excluding hydrogens is 298 g/mol. The third-order valence-corrected chi connectivity index (χ3v) is 3.88. The van der Waals surface area contributed by atoms with E-state index in [0.717, 1.165) is 25.2 Å². The minimum absolute atomic E-state index is 0.256. The van der Waals surface area contributed by atoms with Crippen molar-refractivity contribution in [3.63, 3.8) is 0 Å². The number of hydrogen-bond acceptors (Lipinski definition) is 4. The Morgan fingerprint density at radius 3 is 3.11 bits per heavy atom. The zero-order valence-electron chi connectivity index (χ0n) is 10.4. The molecule has 0 spiro atoms. The van der Waals surface area contributed by atoms with Crippen molar-refractivity contribution in [2.75, 3.05) is 11.9 Å². The number of alkyl halides is 1. The molecule has 2 aromatic heterocycles. The number of rotatable bonds is 5. The van der Waals surface area contributed by atoms with Gasteiger partial charge >= 0.3 is 5.69 Å². The molecule has 0 aliphatic heterocycles. The molecule has 0 aliphatic carbocycles. The van der Waals surface area contributed by atoms with Gasteiger partial charge in [0, 0.05) is 17.4 Å². The lowest BCUT2D eigenvalue weighted by Crippen LogP contribution is -2.15. The molecule has 2 N–H and O–H groups in total. The van der Waals surface area contributed by atoms with Crippen LogP contribution in [-0.2, 0) is 0 Å². The van der Waals surface area contributed by atoms with Crippen LogP contribution in [0.15, 0.2) is 10.9 Å². The van der Waals surface area contributed by atoms with Crippen LogP contribution in [0.4, 0.5) is 5.82 Å². The highest BCUT2D eigenvalue weighted by atomic mass is 79.9. The number of aryl methyl sites for hydroxylation is 1. The highest BCUT2D eigenvalue weighted by molar-refractivity contribution is 9.09. The fourth-order valence-corrected chi connectivity index (χ4v) is 1.98. The second-order valence-electron chi connectivity index (χ2n) is 4.13. The van der Waals surface area contributed by atoms with Crippen molar-refractivity contribution >= 4 is 27.4 Å². The van der Waals surface area contributed by atoms with Crippen LogP contribution in [0.2, 0.25) is 0 Å². The van der Waals surface area contributed by atoms with Gasteiger partial charge in [0.25, 0.3) is 0 Å². The van der Waals surface area contributed by atoms with E-state index in [1.165, 1.54) is 4.40 Å². The third kappa shape index (κ3) is 2.72. The van der Waals surface area contributed by atoms with Gasteiger partial charge in [0.05, 0.1) is 0 Å². The number of aromatic nitrogens is 4. The zero-order valence-corrected chi connectivity index (χ0v) is 12.0. The second-order valence-corrected chi connectivity index (χ2v) is 5.43. The van der Waals surface area contributed by atoms with Crippen molar-refractivity contribution in [1.82, 2.24) is 19.6 Å². The van der Waals surface area contributed by atoms with E-state index in [0.29, 0.717) is 16.3 Å². The highest BCUT2D eigenvalue weighted by Gasteiger charge is 2.07. The van der Waals surface area contributed by atoms with Gasteiger partial charge in [0.2, 0.25) is 0 Å². The normalized spacial score (nSPS) is 12.8. The molecule has 2 heterocycles. The first kappa shape index (κ1) is 13.1. The first-order chi connectivity index (χ1) is 8.61. The summed E-state index contributed by atoms with van der Waals surface area (Å²) in [6, 6.07) is 1.76. The summed E-state index contributed by atoms with van der Waals surface area (Å²) >= 11 is 3.58. The van der Waals surface area contributed by atoms with E-state index in [1.54, 1.807) is 13.0 Å². The lowest BCUT2D eigenvalue weighted by Gasteiger charge is -2.09. The van der Waals surface area contributed by atoms with E-state index in [-0.39, 0.29) is 5.69 Å². The smallest absolute Gasteiger partial charge is 0.349 e. The van der Waals surface area contributed by atoms with Crippen LogP contribution >= 0.6 is 15.9 Å². The predicted molar refractivity (Wildman–Crippen MR) is 74.5 cm³/mol. The van der Waals surface area contributed by atoms with Crippen LogP contribution in [0.5, 0.6) is 0 Å². The number of nitrogens with one attached hydrogen (secondary N) is 2. The first-order valence-corrected chi connectivity index (χ1v) is 6.86. The molecule has 98 valence electrons. The molecule has 18 heavy (non-hydrogen) atoms. The standard InChI is InChI=1S/C11H16BrN5O/c1-3-8(12)4-5-13-9-6-10-15-16-11(18)17(10)7(2)14-9/h6,8,13H,3-5H2,1-2H3,(H,16,18). The van der Waals surface area contributed by atoms with Crippen LogP contribution in [0.3, 0.4) is 0 Å². The van der Waals surface area contributed by atoms with Gasteiger partial charge in [-0.05, 0) is 19.8 Å². The van der Waals surface area contributed by atoms with Crippen LogP contribution in [0, 0.1) is 6.92 Å². The number of hydrogen-bond donors (Lipinski definition) is 2. The van der Waals surface area contributed by atoms with E-state index in [1.807, 2.05) is 0 Å². The van der Waals surface area contributed by atoms with Crippen LogP contribution in [0.25, 0.3) is 5.65 Å². The van der Waals surface area contributed by atoms with E-state index < -0.39 is 0 Å². The summed E-state index contributed by atoms with van der Waals surface area (Å²) in [6.45, 7) is 4.76. The van der Waals surface area contributed by atoms with Crippen LogP contribution in [0.1, 0.15) is 25.6 Å². The van der Waals surface area contributed by atoms with E-state index >= 15 is 0 Å². The summed E-state index contributed by atoms with van der Waals surface area (Å²) in [5.74, 6) is 1.37. The Labute approximate surface area is 113 Å². The Balaban J connectivity index is 2.13. The van der Waals surface area contributed by atoms with Crippen molar-refractivity contribution in [3.05, 3.63) is 22.4 Å². The van der Waals surface area contributed by atoms with Crippen LogP contribution in [-0.4, -0.2) is 31.0 Å². The van der Waals surface area contributed by atoms with Gasteiger partial charge in [0.15, 0.2) is 5.65 Å². The number of nitrogens with zero attached hydrogens (tertiary/aromatic N) is 3. The molecule has 0 aliphatic rings. The summed E-state index contributed by atoms with van der Waals surface area (Å²) in [5.41, 5.74) is 0.328. The Morgan fingerprint density at radius 1 is 1.61 bits per heavy atom. The molecule has 7 heteroatoms. The maximum atomic E-state index is 11.4. The fraction of sp³-hybridized carbons (Fsp3) is 0.545. The molecule has 1 atom stereocenters. The van der Waals surface area contributed by atoms with Crippen molar-refractivity contribution in [3.8, 4) is 0 Å². The minimum atomic E-state index is -0.256. The maximum Gasteiger partial charge on any atom is 0.349 e. The molecule has 0 radical (unpaired) electrons. The minimum Gasteiger partial charge on any atom is -0.370 e. The van der Waals surface area contributed by atoms with Gasteiger partial charge in [0.1, 0.15) is 11.6 Å². The van der Waals surface area contributed by atoms with Gasteiger partial charge < -0.3 is 5.32 Å². The quantitative estimate of drug-likeness (QED) is 0.824. The molecule has 0 saturated heterocycles. The summed E-state index contributed by atoms with van der Waals surface area (Å²) in [7, 11) is 0. The maximum absolute atomic E-state index is 11.4. The molecule has 0 amide bonds. The molecule has 2 rings (SSSR count). The predicted octanol–water partition coefficient (Wildman–Crippen LogP) is 1.70.